The minimum Gasteiger partial charge on any atom is -0.411 e. The highest BCUT2D eigenvalue weighted by Crippen LogP contribution is 2.40. The monoisotopic (exact) mass is 482 g/mol. The molecule has 2 saturated heterocycles. The molecule has 0 unspecified atom stereocenters. The van der Waals surface area contributed by atoms with Gasteiger partial charge in [0.2, 0.25) is 0 Å². The fraction of sp³-hybridized carbons (Fsp3) is 0.964. The maximum Gasteiger partial charge on any atom is 0.192 e. The molecule has 5 heteroatoms. The highest BCUT2D eigenvalue weighted by molar-refractivity contribution is 6.74. The van der Waals surface area contributed by atoms with Gasteiger partial charge in [-0.25, -0.2) is 0 Å². The summed E-state index contributed by atoms with van der Waals surface area (Å²) < 4.78 is 19.4. The summed E-state index contributed by atoms with van der Waals surface area (Å²) in [6.07, 6.45) is 19.8. The predicted molar refractivity (Wildman–Crippen MR) is 140 cm³/mol. The van der Waals surface area contributed by atoms with Crippen LogP contribution in [0.2, 0.25) is 18.1 Å². The van der Waals surface area contributed by atoms with Crippen LogP contribution in [0, 0.1) is 0 Å². The Labute approximate surface area is 206 Å². The van der Waals surface area contributed by atoms with Crippen molar-refractivity contribution < 1.29 is 18.7 Å². The molecule has 0 radical (unpaired) electrons. The molecule has 2 aliphatic rings. The molecular weight excluding hydrogens is 428 g/mol. The predicted octanol–water partition coefficient (Wildman–Crippen LogP) is 7.98. The van der Waals surface area contributed by atoms with Gasteiger partial charge in [0.05, 0.1) is 24.4 Å². The summed E-state index contributed by atoms with van der Waals surface area (Å²) >= 11 is 0. The van der Waals surface area contributed by atoms with Gasteiger partial charge in [-0.1, -0.05) is 91.9 Å². The van der Waals surface area contributed by atoms with Gasteiger partial charge in [0.25, 0.3) is 0 Å². The topological polar surface area (TPSA) is 44.8 Å². The maximum absolute atomic E-state index is 11.1. The molecule has 5 atom stereocenters. The van der Waals surface area contributed by atoms with E-state index in [0.29, 0.717) is 0 Å². The Bertz CT molecular complexity index is 545. The van der Waals surface area contributed by atoms with E-state index in [1.807, 2.05) is 0 Å². The lowest BCUT2D eigenvalue weighted by atomic mass is 10.0. The maximum atomic E-state index is 11.1. The van der Waals surface area contributed by atoms with Crippen molar-refractivity contribution in [1.29, 1.82) is 0 Å². The zero-order valence-electron chi connectivity index (χ0n) is 22.7. The Morgan fingerprint density at radius 1 is 0.848 bits per heavy atom. The molecule has 2 fully saturated rings. The van der Waals surface area contributed by atoms with Crippen LogP contribution in [0.4, 0.5) is 0 Å². The average Bonchev–Trinajstić information content (AvgIpc) is 3.42. The molecule has 0 N–H and O–H groups in total. The number of carbonyl (C=O) groups is 1. The van der Waals surface area contributed by atoms with E-state index >= 15 is 0 Å². The summed E-state index contributed by atoms with van der Waals surface area (Å²) in [7, 11) is -1.86. The standard InChI is InChI=1S/C28H54O4Si/c1-7-8-9-10-11-12-13-14-15-16-17-27(32-33(5,6)28(2,3)4)26-21-20-25(31-26)24-19-18-23(22-29)30-24/h22-27H,7-21H2,1-6H3/t23-,24-,25-,26-,27-/m1/s1. The molecule has 0 aliphatic carbocycles. The van der Waals surface area contributed by atoms with Crippen LogP contribution in [0.5, 0.6) is 0 Å². The number of carbonyl (C=O) groups excluding carboxylic acids is 1. The van der Waals surface area contributed by atoms with E-state index in [9.17, 15) is 4.79 Å². The van der Waals surface area contributed by atoms with Crippen LogP contribution in [-0.4, -0.2) is 45.1 Å². The minimum absolute atomic E-state index is 0.0797. The summed E-state index contributed by atoms with van der Waals surface area (Å²) in [4.78, 5) is 11.1. The van der Waals surface area contributed by atoms with Gasteiger partial charge in [-0.3, -0.25) is 0 Å². The molecule has 0 amide bonds. The third kappa shape index (κ3) is 9.74. The van der Waals surface area contributed by atoms with Crippen LogP contribution in [-0.2, 0) is 18.7 Å². The minimum atomic E-state index is -1.86. The number of rotatable bonds is 16. The fourth-order valence-corrected chi connectivity index (χ4v) is 6.39. The summed E-state index contributed by atoms with van der Waals surface area (Å²) in [5, 5.41) is 0.201. The van der Waals surface area contributed by atoms with E-state index in [2.05, 4.69) is 40.8 Å². The van der Waals surface area contributed by atoms with Gasteiger partial charge in [0, 0.05) is 0 Å². The van der Waals surface area contributed by atoms with E-state index in [1.165, 1.54) is 64.2 Å². The Kier molecular flexibility index (Phi) is 12.6. The zero-order valence-corrected chi connectivity index (χ0v) is 23.7. The van der Waals surface area contributed by atoms with Crippen LogP contribution in [0.25, 0.3) is 0 Å². The van der Waals surface area contributed by atoms with E-state index < -0.39 is 8.32 Å². The molecular formula is C28H54O4Si. The van der Waals surface area contributed by atoms with Gasteiger partial charge in [0.1, 0.15) is 12.4 Å². The van der Waals surface area contributed by atoms with Crippen molar-refractivity contribution in [2.45, 2.75) is 173 Å². The Morgan fingerprint density at radius 3 is 1.94 bits per heavy atom. The van der Waals surface area contributed by atoms with E-state index in [-0.39, 0.29) is 35.6 Å². The van der Waals surface area contributed by atoms with Gasteiger partial charge in [-0.05, 0) is 50.2 Å². The first-order chi connectivity index (χ1) is 15.7. The molecule has 0 spiro atoms. The molecule has 33 heavy (non-hydrogen) atoms. The Hall–Kier alpha value is -0.233. The van der Waals surface area contributed by atoms with Crippen molar-refractivity contribution in [3.05, 3.63) is 0 Å². The van der Waals surface area contributed by atoms with Gasteiger partial charge < -0.3 is 18.7 Å². The van der Waals surface area contributed by atoms with Gasteiger partial charge >= 0.3 is 0 Å². The summed E-state index contributed by atoms with van der Waals surface area (Å²) in [5.41, 5.74) is 0. The Balaban J connectivity index is 1.80. The molecule has 2 rings (SSSR count). The average molecular weight is 483 g/mol. The third-order valence-corrected chi connectivity index (χ3v) is 12.8. The van der Waals surface area contributed by atoms with Crippen LogP contribution in [0.15, 0.2) is 0 Å². The Morgan fingerprint density at radius 2 is 1.39 bits per heavy atom. The second-order valence-corrected chi connectivity index (χ2v) is 16.9. The first-order valence-corrected chi connectivity index (χ1v) is 17.0. The second kappa shape index (κ2) is 14.4. The molecule has 0 aromatic rings. The van der Waals surface area contributed by atoms with Crippen molar-refractivity contribution in [3.63, 3.8) is 0 Å². The number of hydrogen-bond donors (Lipinski definition) is 0. The van der Waals surface area contributed by atoms with Gasteiger partial charge in [-0.2, -0.15) is 0 Å². The SMILES string of the molecule is CCCCCCCCCCCC[C@@H](O[Si](C)(C)C(C)(C)C)[C@H]1CC[C@H]([C@H]2CC[C@H](C=O)O2)O1. The first-order valence-electron chi connectivity index (χ1n) is 14.1. The van der Waals surface area contributed by atoms with Crippen LogP contribution in [0.3, 0.4) is 0 Å². The third-order valence-electron chi connectivity index (χ3n) is 8.25. The summed E-state index contributed by atoms with van der Waals surface area (Å²) in [5.74, 6) is 0. The molecule has 0 aromatic carbocycles. The summed E-state index contributed by atoms with van der Waals surface area (Å²) in [6.45, 7) is 14.0. The molecule has 0 bridgehead atoms. The van der Waals surface area contributed by atoms with E-state index in [0.717, 1.165) is 38.4 Å². The van der Waals surface area contributed by atoms with Crippen LogP contribution >= 0.6 is 0 Å². The quantitative estimate of drug-likeness (QED) is 0.127. The number of hydrogen-bond acceptors (Lipinski definition) is 4. The van der Waals surface area contributed by atoms with Crippen LogP contribution < -0.4 is 0 Å². The smallest absolute Gasteiger partial charge is 0.192 e. The lowest BCUT2D eigenvalue weighted by Crippen LogP contribution is -2.47. The normalized spacial score (nSPS) is 27.2. The molecule has 2 heterocycles. The van der Waals surface area contributed by atoms with Crippen LogP contribution in [0.1, 0.15) is 124 Å². The number of ether oxygens (including phenoxy) is 2. The molecule has 194 valence electrons. The van der Waals surface area contributed by atoms with E-state index in [4.69, 9.17) is 13.9 Å². The lowest BCUT2D eigenvalue weighted by Gasteiger charge is -2.41. The van der Waals surface area contributed by atoms with Gasteiger partial charge in [0.15, 0.2) is 8.32 Å². The lowest BCUT2D eigenvalue weighted by molar-refractivity contribution is -0.123. The van der Waals surface area contributed by atoms with Crippen molar-refractivity contribution in [2.24, 2.45) is 0 Å². The zero-order chi connectivity index (χ0) is 24.3. The highest BCUT2D eigenvalue weighted by atomic mass is 28.4. The molecule has 4 nitrogen and oxygen atoms in total. The van der Waals surface area contributed by atoms with Crippen molar-refractivity contribution >= 4 is 14.6 Å². The second-order valence-electron chi connectivity index (χ2n) is 12.1. The molecule has 0 saturated carbocycles. The highest BCUT2D eigenvalue weighted by Gasteiger charge is 2.44. The van der Waals surface area contributed by atoms with Crippen molar-refractivity contribution in [3.8, 4) is 0 Å². The fourth-order valence-electron chi connectivity index (χ4n) is 5.01. The van der Waals surface area contributed by atoms with Crippen molar-refractivity contribution in [2.75, 3.05) is 0 Å². The molecule has 0 aromatic heterocycles. The molecule has 2 aliphatic heterocycles. The van der Waals surface area contributed by atoms with Gasteiger partial charge in [-0.15, -0.1) is 0 Å². The number of unbranched alkanes of at least 4 members (excludes halogenated alkanes) is 9. The first kappa shape index (κ1) is 29.0. The summed E-state index contributed by atoms with van der Waals surface area (Å²) in [6, 6.07) is 0. The van der Waals surface area contributed by atoms with E-state index in [1.54, 1.807) is 0 Å². The largest absolute Gasteiger partial charge is 0.411 e. The number of aldehydes is 1. The van der Waals surface area contributed by atoms with Crippen molar-refractivity contribution in [1.82, 2.24) is 0 Å².